The summed E-state index contributed by atoms with van der Waals surface area (Å²) in [6.07, 6.45) is -0.359. The van der Waals surface area contributed by atoms with E-state index in [1.165, 1.54) is 12.1 Å². The van der Waals surface area contributed by atoms with Gasteiger partial charge in [0.05, 0.1) is 13.0 Å². The number of carboxylic acids is 1. The molecule has 0 aliphatic rings. The first-order chi connectivity index (χ1) is 7.65. The van der Waals surface area contributed by atoms with Crippen LogP contribution in [0.2, 0.25) is 0 Å². The van der Waals surface area contributed by atoms with Crippen molar-refractivity contribution in [3.05, 3.63) is 29.6 Å². The molecule has 0 aliphatic heterocycles. The Balaban J connectivity index is 0.00000106. The normalized spacial score (nSPS) is 9.00. The topological polar surface area (TPSA) is 46.5 Å². The number of rotatable bonds is 4. The number of carboxylic acid groups (broad SMARTS) is 1. The summed E-state index contributed by atoms with van der Waals surface area (Å²) in [6, 6.07) is 4.28. The average molecular weight is 228 g/mol. The molecule has 1 N–H and O–H groups in total. The number of halogens is 1. The molecule has 0 atom stereocenters. The fraction of sp³-hybridized carbons (Fsp3) is 0.417. The molecule has 0 bridgehead atoms. The zero-order valence-electron chi connectivity index (χ0n) is 9.79. The molecule has 1 rings (SSSR count). The van der Waals surface area contributed by atoms with Crippen molar-refractivity contribution in [2.24, 2.45) is 0 Å². The third kappa shape index (κ3) is 4.29. The Morgan fingerprint density at radius 2 is 2.06 bits per heavy atom. The number of carbonyl (C=O) groups is 1. The Morgan fingerprint density at radius 3 is 2.56 bits per heavy atom. The van der Waals surface area contributed by atoms with Crippen molar-refractivity contribution in [3.63, 3.8) is 0 Å². The van der Waals surface area contributed by atoms with Crippen molar-refractivity contribution in [2.45, 2.75) is 27.2 Å². The molecular weight excluding hydrogens is 211 g/mol. The molecule has 3 nitrogen and oxygen atoms in total. The molecule has 4 heteroatoms. The highest BCUT2D eigenvalue weighted by atomic mass is 19.1. The molecule has 0 spiro atoms. The molecule has 0 fully saturated rings. The standard InChI is InChI=1S/C10H11FO3.C2H6/c1-2-14-9-5-3-4-8(11)7(9)6-10(12)13;1-2/h3-5H,2,6H2,1H3,(H,12,13);1-2H3. The number of hydrogen-bond donors (Lipinski definition) is 1. The van der Waals surface area contributed by atoms with Gasteiger partial charge in [-0.1, -0.05) is 19.9 Å². The highest BCUT2D eigenvalue weighted by molar-refractivity contribution is 5.71. The number of ether oxygens (including phenoxy) is 1. The van der Waals surface area contributed by atoms with Gasteiger partial charge in [-0.05, 0) is 19.1 Å². The lowest BCUT2D eigenvalue weighted by Gasteiger charge is -2.08. The van der Waals surface area contributed by atoms with Crippen LogP contribution in [-0.4, -0.2) is 17.7 Å². The summed E-state index contributed by atoms with van der Waals surface area (Å²) in [5, 5.41) is 8.56. The highest BCUT2D eigenvalue weighted by Gasteiger charge is 2.12. The van der Waals surface area contributed by atoms with Crippen molar-refractivity contribution in [3.8, 4) is 5.75 Å². The van der Waals surface area contributed by atoms with E-state index in [1.807, 2.05) is 13.8 Å². The molecule has 0 saturated heterocycles. The smallest absolute Gasteiger partial charge is 0.308 e. The minimum atomic E-state index is -1.07. The third-order valence-electron chi connectivity index (χ3n) is 1.70. The molecular formula is C12H17FO3. The van der Waals surface area contributed by atoms with Gasteiger partial charge in [-0.15, -0.1) is 0 Å². The maximum atomic E-state index is 13.2. The predicted octanol–water partition coefficient (Wildman–Crippen LogP) is 2.88. The van der Waals surface area contributed by atoms with E-state index in [0.717, 1.165) is 0 Å². The van der Waals surface area contributed by atoms with Crippen LogP contribution in [0.25, 0.3) is 0 Å². The summed E-state index contributed by atoms with van der Waals surface area (Å²) in [7, 11) is 0. The predicted molar refractivity (Wildman–Crippen MR) is 60.3 cm³/mol. The number of aliphatic carboxylic acids is 1. The Kier molecular flexibility index (Phi) is 6.92. The highest BCUT2D eigenvalue weighted by Crippen LogP contribution is 2.21. The van der Waals surface area contributed by atoms with E-state index in [-0.39, 0.29) is 12.0 Å². The second-order valence-corrected chi connectivity index (χ2v) is 2.72. The van der Waals surface area contributed by atoms with Gasteiger partial charge >= 0.3 is 5.97 Å². The van der Waals surface area contributed by atoms with E-state index < -0.39 is 11.8 Å². The van der Waals surface area contributed by atoms with Crippen LogP contribution in [0, 0.1) is 5.82 Å². The Morgan fingerprint density at radius 1 is 1.44 bits per heavy atom. The summed E-state index contributed by atoms with van der Waals surface area (Å²) < 4.78 is 18.3. The lowest BCUT2D eigenvalue weighted by Crippen LogP contribution is -2.06. The van der Waals surface area contributed by atoms with Crippen LogP contribution in [-0.2, 0) is 11.2 Å². The Hall–Kier alpha value is -1.58. The van der Waals surface area contributed by atoms with E-state index >= 15 is 0 Å². The minimum Gasteiger partial charge on any atom is -0.493 e. The van der Waals surface area contributed by atoms with Gasteiger partial charge in [-0.3, -0.25) is 4.79 Å². The van der Waals surface area contributed by atoms with Gasteiger partial charge < -0.3 is 9.84 Å². The first kappa shape index (κ1) is 14.4. The van der Waals surface area contributed by atoms with Gasteiger partial charge in [0.1, 0.15) is 11.6 Å². The Bertz CT molecular complexity index is 337. The number of hydrogen-bond acceptors (Lipinski definition) is 2. The van der Waals surface area contributed by atoms with Crippen molar-refractivity contribution in [2.75, 3.05) is 6.61 Å². The van der Waals surface area contributed by atoms with Gasteiger partial charge in [0.25, 0.3) is 0 Å². The molecule has 0 aliphatic carbocycles. The summed E-state index contributed by atoms with van der Waals surface area (Å²) in [5.74, 6) is -1.32. The summed E-state index contributed by atoms with van der Waals surface area (Å²) >= 11 is 0. The first-order valence-corrected chi connectivity index (χ1v) is 5.27. The molecule has 16 heavy (non-hydrogen) atoms. The molecule has 1 aromatic carbocycles. The maximum Gasteiger partial charge on any atom is 0.308 e. The molecule has 0 aromatic heterocycles. The molecule has 1 aromatic rings. The fourth-order valence-corrected chi connectivity index (χ4v) is 1.15. The van der Waals surface area contributed by atoms with Crippen molar-refractivity contribution in [1.29, 1.82) is 0 Å². The lowest BCUT2D eigenvalue weighted by atomic mass is 10.1. The monoisotopic (exact) mass is 228 g/mol. The Labute approximate surface area is 94.9 Å². The van der Waals surface area contributed by atoms with E-state index in [1.54, 1.807) is 13.0 Å². The molecule has 90 valence electrons. The van der Waals surface area contributed by atoms with Crippen LogP contribution in [0.5, 0.6) is 5.75 Å². The van der Waals surface area contributed by atoms with Crippen LogP contribution >= 0.6 is 0 Å². The lowest BCUT2D eigenvalue weighted by molar-refractivity contribution is -0.136. The van der Waals surface area contributed by atoms with E-state index in [0.29, 0.717) is 12.4 Å². The van der Waals surface area contributed by atoms with Crippen molar-refractivity contribution in [1.82, 2.24) is 0 Å². The maximum absolute atomic E-state index is 13.2. The first-order valence-electron chi connectivity index (χ1n) is 5.27. The van der Waals surface area contributed by atoms with Gasteiger partial charge in [-0.2, -0.15) is 0 Å². The van der Waals surface area contributed by atoms with Gasteiger partial charge in [-0.25, -0.2) is 4.39 Å². The van der Waals surface area contributed by atoms with E-state index in [4.69, 9.17) is 9.84 Å². The van der Waals surface area contributed by atoms with Crippen LogP contribution in [0.4, 0.5) is 4.39 Å². The summed E-state index contributed by atoms with van der Waals surface area (Å²) in [6.45, 7) is 6.14. The van der Waals surface area contributed by atoms with E-state index in [2.05, 4.69) is 0 Å². The van der Waals surface area contributed by atoms with Gasteiger partial charge in [0.15, 0.2) is 0 Å². The largest absolute Gasteiger partial charge is 0.493 e. The fourth-order valence-electron chi connectivity index (χ4n) is 1.15. The second kappa shape index (κ2) is 7.68. The van der Waals surface area contributed by atoms with Crippen LogP contribution in [0.3, 0.4) is 0 Å². The second-order valence-electron chi connectivity index (χ2n) is 2.72. The summed E-state index contributed by atoms with van der Waals surface area (Å²) in [5.41, 5.74) is 0.0989. The molecule has 0 heterocycles. The molecule has 0 radical (unpaired) electrons. The van der Waals surface area contributed by atoms with Crippen LogP contribution in [0.15, 0.2) is 18.2 Å². The van der Waals surface area contributed by atoms with E-state index in [9.17, 15) is 9.18 Å². The quantitative estimate of drug-likeness (QED) is 0.861. The van der Waals surface area contributed by atoms with Crippen LogP contribution < -0.4 is 4.74 Å². The average Bonchev–Trinajstić information content (AvgIpc) is 2.26. The number of benzene rings is 1. The van der Waals surface area contributed by atoms with Crippen molar-refractivity contribution >= 4 is 5.97 Å². The SMILES string of the molecule is CC.CCOc1cccc(F)c1CC(=O)O. The summed E-state index contributed by atoms with van der Waals surface area (Å²) in [4.78, 5) is 10.5. The van der Waals surface area contributed by atoms with Crippen molar-refractivity contribution < 1.29 is 19.0 Å². The zero-order chi connectivity index (χ0) is 12.6. The molecule has 0 saturated carbocycles. The zero-order valence-corrected chi connectivity index (χ0v) is 9.79. The van der Waals surface area contributed by atoms with Gasteiger partial charge in [0.2, 0.25) is 0 Å². The molecule has 0 amide bonds. The van der Waals surface area contributed by atoms with Gasteiger partial charge in [0, 0.05) is 5.56 Å². The third-order valence-corrected chi connectivity index (χ3v) is 1.70. The minimum absolute atomic E-state index is 0.0989. The molecule has 0 unspecified atom stereocenters. The van der Waals surface area contributed by atoms with Crippen LogP contribution in [0.1, 0.15) is 26.3 Å².